The van der Waals surface area contributed by atoms with Crippen molar-refractivity contribution in [2.75, 3.05) is 0 Å². The van der Waals surface area contributed by atoms with Crippen molar-refractivity contribution >= 4 is 23.4 Å². The molecule has 6 heteroatoms. The number of rotatable bonds is 4. The molecule has 0 saturated heterocycles. The lowest BCUT2D eigenvalue weighted by Gasteiger charge is -2.37. The van der Waals surface area contributed by atoms with Crippen LogP contribution in [0.4, 0.5) is 0 Å². The van der Waals surface area contributed by atoms with Crippen molar-refractivity contribution in [3.8, 4) is 0 Å². The van der Waals surface area contributed by atoms with Crippen molar-refractivity contribution in [1.29, 1.82) is 0 Å². The van der Waals surface area contributed by atoms with Crippen LogP contribution in [-0.2, 0) is 22.7 Å². The van der Waals surface area contributed by atoms with Crippen LogP contribution in [-0.4, -0.2) is 27.3 Å². The summed E-state index contributed by atoms with van der Waals surface area (Å²) >= 11 is 6.31. The number of hydrogen-bond donors (Lipinski definition) is 1. The van der Waals surface area contributed by atoms with Gasteiger partial charge in [-0.25, -0.2) is 0 Å². The molecule has 1 atom stereocenters. The molecule has 0 bridgehead atoms. The Balaban J connectivity index is 1.62. The van der Waals surface area contributed by atoms with E-state index in [0.717, 1.165) is 36.9 Å². The molecule has 1 aliphatic carbocycles. The van der Waals surface area contributed by atoms with Gasteiger partial charge < -0.3 is 14.8 Å². The van der Waals surface area contributed by atoms with Crippen LogP contribution in [0, 0.1) is 0 Å². The first-order valence-electron chi connectivity index (χ1n) is 9.62. The second kappa shape index (κ2) is 7.77. The molecule has 142 valence electrons. The summed E-state index contributed by atoms with van der Waals surface area (Å²) in [6.07, 6.45) is 7.41. The zero-order valence-electron chi connectivity index (χ0n) is 15.2. The van der Waals surface area contributed by atoms with Crippen LogP contribution in [0.25, 0.3) is 0 Å². The van der Waals surface area contributed by atoms with Gasteiger partial charge >= 0.3 is 0 Å². The van der Waals surface area contributed by atoms with Crippen molar-refractivity contribution in [3.05, 3.63) is 58.9 Å². The fraction of sp³-hybridized carbons (Fsp3) is 0.429. The van der Waals surface area contributed by atoms with E-state index in [1.807, 2.05) is 47.2 Å². The topological polar surface area (TPSA) is 54.3 Å². The largest absolute Gasteiger partial charge is 0.351 e. The minimum Gasteiger partial charge on any atom is -0.351 e. The Kier molecular flexibility index (Phi) is 5.21. The molecule has 0 radical (unpaired) electrons. The van der Waals surface area contributed by atoms with Gasteiger partial charge in [-0.2, -0.15) is 0 Å². The highest BCUT2D eigenvalue weighted by Crippen LogP contribution is 2.31. The van der Waals surface area contributed by atoms with E-state index in [1.165, 1.54) is 6.42 Å². The van der Waals surface area contributed by atoms with E-state index in [2.05, 4.69) is 5.32 Å². The van der Waals surface area contributed by atoms with E-state index in [0.29, 0.717) is 11.6 Å². The van der Waals surface area contributed by atoms with E-state index in [4.69, 9.17) is 11.6 Å². The number of nitrogens with one attached hydrogen (secondary N) is 1. The number of aromatic nitrogens is 1. The normalized spacial score (nSPS) is 20.4. The standard InChI is InChI=1S/C21H24ClN3O2/c22-17-10-5-4-7-15(17)13-25-19(26)14-24-12-6-11-18(24)20(25)21(27)23-16-8-2-1-3-9-16/h4-7,10-12,16,20H,1-3,8-9,13-14H2,(H,23,27)/t20-/m0/s1. The van der Waals surface area contributed by atoms with E-state index in [1.54, 1.807) is 4.90 Å². The molecule has 2 heterocycles. The Morgan fingerprint density at radius 1 is 1.11 bits per heavy atom. The molecule has 4 rings (SSSR count). The van der Waals surface area contributed by atoms with Gasteiger partial charge in [-0.05, 0) is 36.6 Å². The third kappa shape index (κ3) is 3.74. The Morgan fingerprint density at radius 2 is 1.89 bits per heavy atom. The molecule has 2 aromatic rings. The summed E-state index contributed by atoms with van der Waals surface area (Å²) in [7, 11) is 0. The molecule has 0 spiro atoms. The number of amides is 2. The van der Waals surface area contributed by atoms with Crippen LogP contribution in [0.1, 0.15) is 49.4 Å². The molecule has 1 N–H and O–H groups in total. The molecule has 2 amide bonds. The molecular formula is C21H24ClN3O2. The second-order valence-electron chi connectivity index (χ2n) is 7.42. The highest BCUT2D eigenvalue weighted by Gasteiger charge is 2.38. The first-order valence-corrected chi connectivity index (χ1v) is 9.99. The first-order chi connectivity index (χ1) is 13.1. The van der Waals surface area contributed by atoms with Crippen LogP contribution in [0.3, 0.4) is 0 Å². The number of hydrogen-bond acceptors (Lipinski definition) is 2. The Labute approximate surface area is 164 Å². The average Bonchev–Trinajstić information content (AvgIpc) is 3.12. The first kappa shape index (κ1) is 18.1. The lowest BCUT2D eigenvalue weighted by atomic mass is 9.95. The van der Waals surface area contributed by atoms with Crippen LogP contribution >= 0.6 is 11.6 Å². The molecule has 1 aliphatic heterocycles. The maximum Gasteiger partial charge on any atom is 0.249 e. The summed E-state index contributed by atoms with van der Waals surface area (Å²) < 4.78 is 1.87. The molecule has 1 aromatic carbocycles. The smallest absolute Gasteiger partial charge is 0.249 e. The predicted molar refractivity (Wildman–Crippen MR) is 104 cm³/mol. The lowest BCUT2D eigenvalue weighted by Crippen LogP contribution is -2.50. The van der Waals surface area contributed by atoms with Crippen LogP contribution < -0.4 is 5.32 Å². The third-order valence-corrected chi connectivity index (χ3v) is 5.95. The number of fused-ring (bicyclic) bond motifs is 1. The summed E-state index contributed by atoms with van der Waals surface area (Å²) in [4.78, 5) is 27.7. The minimum absolute atomic E-state index is 0.0672. The van der Waals surface area contributed by atoms with Gasteiger partial charge in [0.25, 0.3) is 0 Å². The monoisotopic (exact) mass is 385 g/mol. The fourth-order valence-electron chi connectivity index (χ4n) is 4.15. The Morgan fingerprint density at radius 3 is 2.67 bits per heavy atom. The summed E-state index contributed by atoms with van der Waals surface area (Å²) in [5.41, 5.74) is 1.71. The summed E-state index contributed by atoms with van der Waals surface area (Å²) in [5.74, 6) is -0.163. The summed E-state index contributed by atoms with van der Waals surface area (Å²) in [6.45, 7) is 0.576. The molecular weight excluding hydrogens is 362 g/mol. The van der Waals surface area contributed by atoms with Crippen LogP contribution in [0.15, 0.2) is 42.6 Å². The summed E-state index contributed by atoms with van der Waals surface area (Å²) in [6, 6.07) is 10.9. The maximum atomic E-state index is 13.2. The highest BCUT2D eigenvalue weighted by atomic mass is 35.5. The average molecular weight is 386 g/mol. The number of halogens is 1. The highest BCUT2D eigenvalue weighted by molar-refractivity contribution is 6.31. The molecule has 1 saturated carbocycles. The van der Waals surface area contributed by atoms with Gasteiger partial charge in [0.05, 0.1) is 5.69 Å². The molecule has 1 fully saturated rings. The van der Waals surface area contributed by atoms with Crippen LogP contribution in [0.2, 0.25) is 5.02 Å². The molecule has 0 unspecified atom stereocenters. The second-order valence-corrected chi connectivity index (χ2v) is 7.83. The van der Waals surface area contributed by atoms with Gasteiger partial charge in [0, 0.05) is 23.8 Å². The van der Waals surface area contributed by atoms with Crippen LogP contribution in [0.5, 0.6) is 0 Å². The predicted octanol–water partition coefficient (Wildman–Crippen LogP) is 3.67. The quantitative estimate of drug-likeness (QED) is 0.872. The van der Waals surface area contributed by atoms with Crippen molar-refractivity contribution in [2.45, 2.75) is 57.3 Å². The zero-order chi connectivity index (χ0) is 18.8. The van der Waals surface area contributed by atoms with Crippen molar-refractivity contribution in [2.24, 2.45) is 0 Å². The lowest BCUT2D eigenvalue weighted by molar-refractivity contribution is -0.144. The van der Waals surface area contributed by atoms with Gasteiger partial charge in [-0.15, -0.1) is 0 Å². The number of carbonyl (C=O) groups excluding carboxylic acids is 2. The Hall–Kier alpha value is -2.27. The SMILES string of the molecule is O=C(NC1CCCCC1)[C@@H]1c2cccn2CC(=O)N1Cc1ccccc1Cl. The van der Waals surface area contributed by atoms with Gasteiger partial charge in [0.2, 0.25) is 11.8 Å². The van der Waals surface area contributed by atoms with Gasteiger partial charge in [0.1, 0.15) is 6.54 Å². The van der Waals surface area contributed by atoms with E-state index < -0.39 is 6.04 Å². The fourth-order valence-corrected chi connectivity index (χ4v) is 4.35. The zero-order valence-corrected chi connectivity index (χ0v) is 16.0. The molecule has 1 aromatic heterocycles. The van der Waals surface area contributed by atoms with Crippen molar-refractivity contribution in [3.63, 3.8) is 0 Å². The van der Waals surface area contributed by atoms with Crippen molar-refractivity contribution < 1.29 is 9.59 Å². The molecule has 5 nitrogen and oxygen atoms in total. The van der Waals surface area contributed by atoms with E-state index in [9.17, 15) is 9.59 Å². The number of carbonyl (C=O) groups is 2. The molecule has 27 heavy (non-hydrogen) atoms. The van der Waals surface area contributed by atoms with E-state index >= 15 is 0 Å². The van der Waals surface area contributed by atoms with Gasteiger partial charge in [0.15, 0.2) is 6.04 Å². The minimum atomic E-state index is -0.626. The summed E-state index contributed by atoms with van der Waals surface area (Å²) in [5, 5.41) is 3.80. The van der Waals surface area contributed by atoms with E-state index in [-0.39, 0.29) is 24.4 Å². The van der Waals surface area contributed by atoms with Gasteiger partial charge in [-0.3, -0.25) is 9.59 Å². The molecule has 2 aliphatic rings. The third-order valence-electron chi connectivity index (χ3n) is 5.58. The van der Waals surface area contributed by atoms with Crippen molar-refractivity contribution in [1.82, 2.24) is 14.8 Å². The maximum absolute atomic E-state index is 13.2. The number of benzene rings is 1. The Bertz CT molecular complexity index is 841. The van der Waals surface area contributed by atoms with Gasteiger partial charge in [-0.1, -0.05) is 49.1 Å². The number of nitrogens with zero attached hydrogens (tertiary/aromatic N) is 2.